The monoisotopic (exact) mass is 469 g/mol. The highest BCUT2D eigenvalue weighted by atomic mass is 32.2. The van der Waals surface area contributed by atoms with E-state index in [4.69, 9.17) is 4.74 Å². The minimum absolute atomic E-state index is 0.157. The summed E-state index contributed by atoms with van der Waals surface area (Å²) < 4.78 is 56.0. The van der Waals surface area contributed by atoms with Crippen molar-refractivity contribution in [3.05, 3.63) is 48.5 Å². The highest BCUT2D eigenvalue weighted by Gasteiger charge is 2.21. The summed E-state index contributed by atoms with van der Waals surface area (Å²) >= 11 is 0. The molecule has 0 aromatic heterocycles. The van der Waals surface area contributed by atoms with Gasteiger partial charge in [-0.3, -0.25) is 9.10 Å². The Morgan fingerprint density at radius 2 is 1.48 bits per heavy atom. The molecule has 2 aromatic rings. The van der Waals surface area contributed by atoms with E-state index in [0.29, 0.717) is 30.2 Å². The lowest BCUT2D eigenvalue weighted by Crippen LogP contribution is -2.30. The van der Waals surface area contributed by atoms with Crippen LogP contribution in [0.15, 0.2) is 53.4 Å². The molecule has 2 rings (SSSR count). The zero-order valence-corrected chi connectivity index (χ0v) is 19.5. The third-order valence-electron chi connectivity index (χ3n) is 4.55. The van der Waals surface area contributed by atoms with Crippen LogP contribution in [0.4, 0.5) is 11.4 Å². The predicted octanol–water partition coefficient (Wildman–Crippen LogP) is 2.13. The van der Waals surface area contributed by atoms with Crippen molar-refractivity contribution in [1.82, 2.24) is 4.31 Å². The second-order valence-corrected chi connectivity index (χ2v) is 10.6. The molecule has 0 saturated carbocycles. The maximum absolute atomic E-state index is 12.5. The first-order valence-corrected chi connectivity index (χ1v) is 12.8. The van der Waals surface area contributed by atoms with Gasteiger partial charge in [0.2, 0.25) is 20.0 Å². The first-order chi connectivity index (χ1) is 14.5. The van der Waals surface area contributed by atoms with E-state index in [1.165, 1.54) is 35.6 Å². The lowest BCUT2D eigenvalue weighted by molar-refractivity contribution is -0.118. The Kier molecular flexibility index (Phi) is 8.04. The third kappa shape index (κ3) is 6.42. The Labute approximate surface area is 183 Å². The SMILES string of the molecule is CCN(CC)S(=O)(=O)c1ccc(NC(=O)COc2ccc(N(C)S(C)(=O)=O)cc2)cc1. The summed E-state index contributed by atoms with van der Waals surface area (Å²) in [5, 5.41) is 2.64. The molecule has 0 aliphatic carbocycles. The van der Waals surface area contributed by atoms with E-state index in [9.17, 15) is 21.6 Å². The Balaban J connectivity index is 1.95. The summed E-state index contributed by atoms with van der Waals surface area (Å²) in [6.07, 6.45) is 1.10. The third-order valence-corrected chi connectivity index (χ3v) is 7.82. The number of carbonyl (C=O) groups is 1. The first kappa shape index (κ1) is 24.6. The number of sulfonamides is 2. The summed E-state index contributed by atoms with van der Waals surface area (Å²) in [5.74, 6) is -0.0156. The molecule has 1 amide bonds. The molecule has 11 heteroatoms. The van der Waals surface area contributed by atoms with Gasteiger partial charge in [-0.25, -0.2) is 16.8 Å². The lowest BCUT2D eigenvalue weighted by Gasteiger charge is -2.18. The largest absolute Gasteiger partial charge is 0.484 e. The average molecular weight is 470 g/mol. The van der Waals surface area contributed by atoms with Crippen molar-refractivity contribution in [3.8, 4) is 5.75 Å². The quantitative estimate of drug-likeness (QED) is 0.570. The molecule has 0 aliphatic rings. The van der Waals surface area contributed by atoms with Gasteiger partial charge in [-0.05, 0) is 48.5 Å². The van der Waals surface area contributed by atoms with Crippen molar-refractivity contribution in [3.63, 3.8) is 0 Å². The number of ether oxygens (including phenoxy) is 1. The van der Waals surface area contributed by atoms with Crippen molar-refractivity contribution in [2.24, 2.45) is 0 Å². The highest BCUT2D eigenvalue weighted by Crippen LogP contribution is 2.21. The Morgan fingerprint density at radius 3 is 1.97 bits per heavy atom. The van der Waals surface area contributed by atoms with Crippen LogP contribution >= 0.6 is 0 Å². The molecule has 9 nitrogen and oxygen atoms in total. The second-order valence-electron chi connectivity index (χ2n) is 6.67. The molecule has 0 bridgehead atoms. The standard InChI is InChI=1S/C20H27N3O6S2/c1-5-23(6-2)31(27,28)19-13-7-16(8-14-19)21-20(24)15-29-18-11-9-17(10-12-18)22(3)30(4,25)26/h7-14H,5-6,15H2,1-4H3,(H,21,24). The Hall–Kier alpha value is -2.63. The van der Waals surface area contributed by atoms with Crippen molar-refractivity contribution in [2.45, 2.75) is 18.7 Å². The van der Waals surface area contributed by atoms with Crippen LogP contribution in [-0.2, 0) is 24.8 Å². The van der Waals surface area contributed by atoms with Gasteiger partial charge >= 0.3 is 0 Å². The summed E-state index contributed by atoms with van der Waals surface area (Å²) in [5.41, 5.74) is 0.913. The number of amides is 1. The fourth-order valence-electron chi connectivity index (χ4n) is 2.71. The molecule has 1 N–H and O–H groups in total. The fraction of sp³-hybridized carbons (Fsp3) is 0.350. The van der Waals surface area contributed by atoms with Gasteiger partial charge in [0, 0.05) is 25.8 Å². The van der Waals surface area contributed by atoms with E-state index in [1.807, 2.05) is 0 Å². The zero-order chi connectivity index (χ0) is 23.2. The molecule has 2 aromatic carbocycles. The van der Waals surface area contributed by atoms with Crippen molar-refractivity contribution in [2.75, 3.05) is 42.6 Å². The number of benzene rings is 2. The predicted molar refractivity (Wildman–Crippen MR) is 120 cm³/mol. The zero-order valence-electron chi connectivity index (χ0n) is 17.9. The van der Waals surface area contributed by atoms with Crippen molar-refractivity contribution in [1.29, 1.82) is 0 Å². The average Bonchev–Trinajstić information content (AvgIpc) is 2.72. The molecule has 31 heavy (non-hydrogen) atoms. The van der Waals surface area contributed by atoms with Crippen LogP contribution < -0.4 is 14.4 Å². The molecule has 170 valence electrons. The molecule has 0 unspecified atom stereocenters. The van der Waals surface area contributed by atoms with Gasteiger partial charge in [0.25, 0.3) is 5.91 Å². The minimum atomic E-state index is -3.56. The van der Waals surface area contributed by atoms with Crippen LogP contribution in [0.1, 0.15) is 13.8 Å². The molecule has 0 saturated heterocycles. The number of hydrogen-bond acceptors (Lipinski definition) is 6. The highest BCUT2D eigenvalue weighted by molar-refractivity contribution is 7.92. The van der Waals surface area contributed by atoms with Crippen LogP contribution in [0.25, 0.3) is 0 Å². The summed E-state index contributed by atoms with van der Waals surface area (Å²) in [6, 6.07) is 12.2. The maximum atomic E-state index is 12.5. The lowest BCUT2D eigenvalue weighted by atomic mass is 10.3. The first-order valence-electron chi connectivity index (χ1n) is 9.55. The summed E-state index contributed by atoms with van der Waals surface area (Å²) in [7, 11) is -5.48. The Morgan fingerprint density at radius 1 is 0.935 bits per heavy atom. The normalized spacial score (nSPS) is 11.9. The van der Waals surface area contributed by atoms with Crippen LogP contribution in [0.2, 0.25) is 0 Å². The molecular formula is C20H27N3O6S2. The van der Waals surface area contributed by atoms with Gasteiger partial charge in [0.05, 0.1) is 16.8 Å². The van der Waals surface area contributed by atoms with Gasteiger partial charge in [0.15, 0.2) is 6.61 Å². The number of rotatable bonds is 10. The van der Waals surface area contributed by atoms with Crippen LogP contribution in [0, 0.1) is 0 Å². The van der Waals surface area contributed by atoms with Gasteiger partial charge < -0.3 is 10.1 Å². The molecular weight excluding hydrogens is 442 g/mol. The van der Waals surface area contributed by atoms with Gasteiger partial charge in [-0.15, -0.1) is 0 Å². The van der Waals surface area contributed by atoms with Gasteiger partial charge in [0.1, 0.15) is 5.75 Å². The Bertz CT molecular complexity index is 1090. The van der Waals surface area contributed by atoms with Crippen molar-refractivity contribution >= 4 is 37.3 Å². The number of hydrogen-bond donors (Lipinski definition) is 1. The maximum Gasteiger partial charge on any atom is 0.262 e. The molecule has 0 fully saturated rings. The summed E-state index contributed by atoms with van der Waals surface area (Å²) in [4.78, 5) is 12.3. The minimum Gasteiger partial charge on any atom is -0.484 e. The molecule has 0 spiro atoms. The number of nitrogens with one attached hydrogen (secondary N) is 1. The smallest absolute Gasteiger partial charge is 0.262 e. The van der Waals surface area contributed by atoms with Crippen LogP contribution in [-0.4, -0.2) is 60.0 Å². The van der Waals surface area contributed by atoms with Gasteiger partial charge in [-0.2, -0.15) is 4.31 Å². The molecule has 0 radical (unpaired) electrons. The van der Waals surface area contributed by atoms with E-state index in [-0.39, 0.29) is 11.5 Å². The molecule has 0 aliphatic heterocycles. The van der Waals surface area contributed by atoms with Crippen LogP contribution in [0.5, 0.6) is 5.75 Å². The topological polar surface area (TPSA) is 113 Å². The summed E-state index contributed by atoms with van der Waals surface area (Å²) in [6.45, 7) is 4.03. The second kappa shape index (κ2) is 10.1. The van der Waals surface area contributed by atoms with Crippen molar-refractivity contribution < 1.29 is 26.4 Å². The van der Waals surface area contributed by atoms with E-state index in [2.05, 4.69) is 5.32 Å². The number of anilines is 2. The van der Waals surface area contributed by atoms with Crippen LogP contribution in [0.3, 0.4) is 0 Å². The molecule has 0 heterocycles. The van der Waals surface area contributed by atoms with Gasteiger partial charge in [-0.1, -0.05) is 13.8 Å². The number of carbonyl (C=O) groups excluding carboxylic acids is 1. The fourth-order valence-corrected chi connectivity index (χ4v) is 4.68. The van der Waals surface area contributed by atoms with E-state index in [0.717, 1.165) is 10.6 Å². The number of nitrogens with zero attached hydrogens (tertiary/aromatic N) is 2. The molecule has 0 atom stereocenters. The van der Waals surface area contributed by atoms with E-state index >= 15 is 0 Å². The van der Waals surface area contributed by atoms with E-state index < -0.39 is 26.0 Å². The van der Waals surface area contributed by atoms with E-state index in [1.54, 1.807) is 38.1 Å².